The predicted octanol–water partition coefficient (Wildman–Crippen LogP) is 2.99. The maximum Gasteiger partial charge on any atom is 0.409 e. The molecule has 1 aromatic rings. The summed E-state index contributed by atoms with van der Waals surface area (Å²) in [6, 6.07) is 0.570. The van der Waals surface area contributed by atoms with Crippen LogP contribution in [-0.2, 0) is 19.6 Å². The number of hydrogen-bond donors (Lipinski definition) is 2. The lowest BCUT2D eigenvalue weighted by Crippen LogP contribution is -2.59. The SMILES string of the molecule is CC1C(S(=O)(=O)NC2(C(F)(F)F)CCOC2)=CN(C)C1C(=O)Nc1ccc(F)c(Cl)c1F. The van der Waals surface area contributed by atoms with Crippen molar-refractivity contribution >= 4 is 33.2 Å². The van der Waals surface area contributed by atoms with Crippen molar-refractivity contribution in [3.8, 4) is 0 Å². The molecule has 0 radical (unpaired) electrons. The highest BCUT2D eigenvalue weighted by Gasteiger charge is 2.60. The number of sulfonamides is 1. The van der Waals surface area contributed by atoms with Gasteiger partial charge in [0, 0.05) is 32.2 Å². The fraction of sp³-hybridized carbons (Fsp3) is 0.500. The smallest absolute Gasteiger partial charge is 0.379 e. The molecule has 2 aliphatic rings. The van der Waals surface area contributed by atoms with E-state index in [2.05, 4.69) is 5.32 Å². The summed E-state index contributed by atoms with van der Waals surface area (Å²) in [5, 5.41) is 1.37. The van der Waals surface area contributed by atoms with Gasteiger partial charge in [-0.05, 0) is 12.1 Å². The molecule has 2 heterocycles. The monoisotopic (exact) mass is 503 g/mol. The van der Waals surface area contributed by atoms with E-state index in [1.807, 2.05) is 0 Å². The third-order valence-corrected chi connectivity index (χ3v) is 7.56. The molecule has 3 atom stereocenters. The maximum atomic E-state index is 14.1. The lowest BCUT2D eigenvalue weighted by atomic mass is 10.0. The number of benzene rings is 1. The maximum absolute atomic E-state index is 14.1. The Kier molecular flexibility index (Phi) is 6.50. The van der Waals surface area contributed by atoms with Gasteiger partial charge in [-0.25, -0.2) is 17.2 Å². The summed E-state index contributed by atoms with van der Waals surface area (Å²) in [6.45, 7) is 0.188. The second-order valence-corrected chi connectivity index (χ2v) is 9.69. The number of alkyl halides is 3. The molecule has 1 aromatic carbocycles. The molecule has 7 nitrogen and oxygen atoms in total. The molecule has 2 N–H and O–H groups in total. The molecule has 1 amide bonds. The molecule has 0 saturated carbocycles. The molecular weight excluding hydrogens is 485 g/mol. The molecule has 3 rings (SSSR count). The second-order valence-electron chi connectivity index (χ2n) is 7.63. The fourth-order valence-electron chi connectivity index (χ4n) is 3.71. The van der Waals surface area contributed by atoms with Crippen LogP contribution in [0.5, 0.6) is 0 Å². The van der Waals surface area contributed by atoms with Gasteiger partial charge in [-0.1, -0.05) is 18.5 Å². The van der Waals surface area contributed by atoms with Gasteiger partial charge in [-0.2, -0.15) is 17.9 Å². The van der Waals surface area contributed by atoms with Gasteiger partial charge in [0.25, 0.3) is 0 Å². The molecule has 32 heavy (non-hydrogen) atoms. The van der Waals surface area contributed by atoms with Gasteiger partial charge in [0.2, 0.25) is 15.9 Å². The first kappa shape index (κ1) is 24.7. The van der Waals surface area contributed by atoms with E-state index in [9.17, 15) is 35.2 Å². The van der Waals surface area contributed by atoms with Gasteiger partial charge >= 0.3 is 6.18 Å². The van der Waals surface area contributed by atoms with Crippen LogP contribution in [0, 0.1) is 17.6 Å². The summed E-state index contributed by atoms with van der Waals surface area (Å²) in [5.41, 5.74) is -3.21. The molecule has 14 heteroatoms. The summed E-state index contributed by atoms with van der Waals surface area (Å²) in [7, 11) is -3.34. The summed E-state index contributed by atoms with van der Waals surface area (Å²) in [4.78, 5) is 13.5. The topological polar surface area (TPSA) is 87.7 Å². The lowest BCUT2D eigenvalue weighted by molar-refractivity contribution is -0.189. The van der Waals surface area contributed by atoms with E-state index >= 15 is 0 Å². The molecule has 2 aliphatic heterocycles. The van der Waals surface area contributed by atoms with Crippen molar-refractivity contribution in [2.24, 2.45) is 5.92 Å². The zero-order chi connectivity index (χ0) is 24.1. The molecule has 3 unspecified atom stereocenters. The van der Waals surface area contributed by atoms with Gasteiger partial charge in [-0.15, -0.1) is 0 Å². The Morgan fingerprint density at radius 2 is 1.97 bits per heavy atom. The number of carbonyl (C=O) groups is 1. The number of halogens is 6. The number of nitrogens with one attached hydrogen (secondary N) is 2. The molecular formula is C18H19ClF5N3O4S. The second kappa shape index (κ2) is 8.43. The Labute approximate surface area is 185 Å². The van der Waals surface area contributed by atoms with E-state index in [0.29, 0.717) is 0 Å². The molecule has 178 valence electrons. The van der Waals surface area contributed by atoms with Crippen LogP contribution in [0.3, 0.4) is 0 Å². The molecule has 0 aliphatic carbocycles. The summed E-state index contributed by atoms with van der Waals surface area (Å²) < 4.78 is 100. The van der Waals surface area contributed by atoms with E-state index in [1.54, 1.807) is 4.72 Å². The van der Waals surface area contributed by atoms with Crippen molar-refractivity contribution in [1.29, 1.82) is 0 Å². The van der Waals surface area contributed by atoms with Crippen LogP contribution in [0.4, 0.5) is 27.6 Å². The first-order valence-electron chi connectivity index (χ1n) is 9.27. The highest BCUT2D eigenvalue weighted by atomic mass is 35.5. The van der Waals surface area contributed by atoms with Crippen LogP contribution < -0.4 is 10.0 Å². The van der Waals surface area contributed by atoms with Gasteiger partial charge in [-0.3, -0.25) is 4.79 Å². The normalized spacial score (nSPS) is 26.4. The molecule has 0 aromatic heterocycles. The first-order chi connectivity index (χ1) is 14.7. The van der Waals surface area contributed by atoms with Crippen molar-refractivity contribution in [2.75, 3.05) is 25.6 Å². The fourth-order valence-corrected chi connectivity index (χ4v) is 5.70. The summed E-state index contributed by atoms with van der Waals surface area (Å²) in [6.07, 6.45) is -4.46. The molecule has 1 saturated heterocycles. The Hall–Kier alpha value is -1.96. The van der Waals surface area contributed by atoms with Crippen LogP contribution in [0.15, 0.2) is 23.2 Å². The van der Waals surface area contributed by atoms with Crippen molar-refractivity contribution in [2.45, 2.75) is 31.1 Å². The lowest BCUT2D eigenvalue weighted by Gasteiger charge is -2.31. The summed E-state index contributed by atoms with van der Waals surface area (Å²) in [5.74, 6) is -4.21. The first-order valence-corrected chi connectivity index (χ1v) is 11.1. The van der Waals surface area contributed by atoms with Crippen LogP contribution in [0.1, 0.15) is 13.3 Å². The quantitative estimate of drug-likeness (QED) is 0.476. The number of likely N-dealkylation sites (N-methyl/N-ethyl adjacent to an activating group) is 1. The minimum atomic E-state index is -4.90. The highest BCUT2D eigenvalue weighted by molar-refractivity contribution is 7.93. The van der Waals surface area contributed by atoms with Gasteiger partial charge in [0.15, 0.2) is 11.4 Å². The van der Waals surface area contributed by atoms with E-state index in [4.69, 9.17) is 16.3 Å². The third-order valence-electron chi connectivity index (χ3n) is 5.46. The van der Waals surface area contributed by atoms with Gasteiger partial charge < -0.3 is 15.0 Å². The van der Waals surface area contributed by atoms with Crippen LogP contribution in [0.2, 0.25) is 5.02 Å². The largest absolute Gasteiger partial charge is 0.409 e. The van der Waals surface area contributed by atoms with Crippen LogP contribution >= 0.6 is 11.6 Å². The third kappa shape index (κ3) is 4.30. The standard InChI is InChI=1S/C18H19ClF5N3O4S/c1-9-12(32(29,30)26-17(18(22,23)24)5-6-31-8-17)7-27(2)15(9)16(28)25-11-4-3-10(20)13(19)14(11)21/h3-4,7,9,15,26H,5-6,8H2,1-2H3,(H,25,28). The minimum Gasteiger partial charge on any atom is -0.379 e. The molecule has 1 fully saturated rings. The van der Waals surface area contributed by atoms with Crippen LogP contribution in [-0.4, -0.2) is 57.2 Å². The van der Waals surface area contributed by atoms with Crippen molar-refractivity contribution in [3.05, 3.63) is 39.9 Å². The Bertz CT molecular complexity index is 1060. The number of carbonyl (C=O) groups excluding carboxylic acids is 1. The highest BCUT2D eigenvalue weighted by Crippen LogP contribution is 2.40. The number of hydrogen-bond acceptors (Lipinski definition) is 5. The number of ether oxygens (including phenoxy) is 1. The summed E-state index contributed by atoms with van der Waals surface area (Å²) >= 11 is 5.49. The van der Waals surface area contributed by atoms with Crippen molar-refractivity contribution in [1.82, 2.24) is 9.62 Å². The van der Waals surface area contributed by atoms with Gasteiger partial charge in [0.05, 0.1) is 17.2 Å². The predicted molar refractivity (Wildman–Crippen MR) is 105 cm³/mol. The average molecular weight is 504 g/mol. The zero-order valence-corrected chi connectivity index (χ0v) is 18.3. The average Bonchev–Trinajstić information content (AvgIpc) is 3.27. The Morgan fingerprint density at radius 1 is 1.31 bits per heavy atom. The zero-order valence-electron chi connectivity index (χ0n) is 16.8. The molecule has 0 spiro atoms. The number of amides is 1. The van der Waals surface area contributed by atoms with E-state index in [-0.39, 0.29) is 6.61 Å². The van der Waals surface area contributed by atoms with E-state index in [0.717, 1.165) is 18.3 Å². The van der Waals surface area contributed by atoms with E-state index in [1.165, 1.54) is 18.9 Å². The number of rotatable bonds is 5. The Balaban J connectivity index is 1.82. The van der Waals surface area contributed by atoms with Crippen molar-refractivity contribution in [3.63, 3.8) is 0 Å². The molecule has 0 bridgehead atoms. The minimum absolute atomic E-state index is 0.270. The van der Waals surface area contributed by atoms with Crippen molar-refractivity contribution < 1.29 is 39.9 Å². The van der Waals surface area contributed by atoms with E-state index < -0.39 is 79.9 Å². The number of nitrogens with zero attached hydrogens (tertiary/aromatic N) is 1. The van der Waals surface area contributed by atoms with Gasteiger partial charge in [0.1, 0.15) is 16.9 Å². The Morgan fingerprint density at radius 3 is 2.53 bits per heavy atom. The van der Waals surface area contributed by atoms with Crippen LogP contribution in [0.25, 0.3) is 0 Å². The number of anilines is 1.